The molecule has 0 bridgehead atoms. The number of likely N-dealkylation sites (tertiary alicyclic amines) is 1. The summed E-state index contributed by atoms with van der Waals surface area (Å²) in [5.41, 5.74) is 13.1. The lowest BCUT2D eigenvalue weighted by Gasteiger charge is -2.27. The molecule has 2 rings (SSSR count). The fourth-order valence-electron chi connectivity index (χ4n) is 3.14. The third-order valence-electron chi connectivity index (χ3n) is 4.61. The molecule has 6 nitrogen and oxygen atoms in total. The molecule has 1 heterocycles. The van der Waals surface area contributed by atoms with Gasteiger partial charge >= 0.3 is 0 Å². The molecule has 26 heavy (non-hydrogen) atoms. The van der Waals surface area contributed by atoms with Gasteiger partial charge in [0.1, 0.15) is 0 Å². The number of amides is 1. The van der Waals surface area contributed by atoms with E-state index in [1.54, 1.807) is 23.1 Å². The highest BCUT2D eigenvalue weighted by molar-refractivity contribution is 6.31. The van der Waals surface area contributed by atoms with E-state index in [0.29, 0.717) is 23.8 Å². The largest absolute Gasteiger partial charge is 0.399 e. The van der Waals surface area contributed by atoms with Crippen LogP contribution < -0.4 is 11.5 Å². The molecule has 1 aliphatic rings. The Kier molecular flexibility index (Phi) is 7.94. The summed E-state index contributed by atoms with van der Waals surface area (Å²) in [6, 6.07) is 5.25. The number of halogens is 1. The molecule has 0 spiro atoms. The van der Waals surface area contributed by atoms with Gasteiger partial charge < -0.3 is 26.7 Å². The van der Waals surface area contributed by atoms with Crippen molar-refractivity contribution in [3.05, 3.63) is 40.6 Å². The number of rotatable bonds is 7. The summed E-state index contributed by atoms with van der Waals surface area (Å²) < 4.78 is 0. The molecule has 0 saturated carbocycles. The van der Waals surface area contributed by atoms with Crippen LogP contribution in [-0.4, -0.2) is 48.1 Å². The molecule has 7 heteroatoms. The maximum absolute atomic E-state index is 12.7. The molecule has 5 N–H and O–H groups in total. The van der Waals surface area contributed by atoms with Crippen molar-refractivity contribution in [3.8, 4) is 0 Å². The minimum absolute atomic E-state index is 0.0518. The number of anilines is 1. The fourth-order valence-corrected chi connectivity index (χ4v) is 3.32. The monoisotopic (exact) mass is 377 g/mol. The van der Waals surface area contributed by atoms with E-state index in [4.69, 9.17) is 28.5 Å². The third-order valence-corrected chi connectivity index (χ3v) is 4.98. The summed E-state index contributed by atoms with van der Waals surface area (Å²) in [4.78, 5) is 16.8. The van der Waals surface area contributed by atoms with E-state index < -0.39 is 0 Å². The number of nitrogens with zero attached hydrogens (tertiary/aromatic N) is 2. The van der Waals surface area contributed by atoms with Crippen LogP contribution in [0.1, 0.15) is 31.2 Å². The number of hydrogen-bond acceptors (Lipinski definition) is 5. The predicted molar refractivity (Wildman–Crippen MR) is 107 cm³/mol. The maximum Gasteiger partial charge on any atom is 0.270 e. The SMILES string of the molecule is N=C/C=C(\N)C(=O)N(CCN1CCCCCC1)Cc1cc(N)ccc1Cl. The summed E-state index contributed by atoms with van der Waals surface area (Å²) in [6.45, 7) is 3.81. The average Bonchev–Trinajstić information content (AvgIpc) is 2.90. The molecule has 0 aliphatic carbocycles. The predicted octanol–water partition coefficient (Wildman–Crippen LogP) is 2.62. The Balaban J connectivity index is 2.12. The number of nitrogens with two attached hydrogens (primary N) is 2. The molecule has 0 aromatic heterocycles. The van der Waals surface area contributed by atoms with Crippen molar-refractivity contribution in [1.29, 1.82) is 5.41 Å². The van der Waals surface area contributed by atoms with Gasteiger partial charge in [0.25, 0.3) is 5.91 Å². The van der Waals surface area contributed by atoms with Crippen LogP contribution in [0.4, 0.5) is 5.69 Å². The topological polar surface area (TPSA) is 99.4 Å². The van der Waals surface area contributed by atoms with Crippen molar-refractivity contribution in [2.75, 3.05) is 31.9 Å². The maximum atomic E-state index is 12.7. The van der Waals surface area contributed by atoms with E-state index in [1.807, 2.05) is 0 Å². The average molecular weight is 378 g/mol. The molecule has 1 aromatic carbocycles. The zero-order valence-corrected chi connectivity index (χ0v) is 15.8. The number of carbonyl (C=O) groups excluding carboxylic acids is 1. The molecule has 1 saturated heterocycles. The first-order chi connectivity index (χ1) is 12.5. The van der Waals surface area contributed by atoms with E-state index in [-0.39, 0.29) is 11.6 Å². The van der Waals surface area contributed by atoms with Crippen LogP contribution in [0.2, 0.25) is 5.02 Å². The number of benzene rings is 1. The van der Waals surface area contributed by atoms with Crippen LogP contribution in [0.3, 0.4) is 0 Å². The lowest BCUT2D eigenvalue weighted by atomic mass is 10.1. The molecule has 142 valence electrons. The normalized spacial score (nSPS) is 16.1. The smallest absolute Gasteiger partial charge is 0.270 e. The highest BCUT2D eigenvalue weighted by Gasteiger charge is 2.19. The van der Waals surface area contributed by atoms with Gasteiger partial charge in [0.2, 0.25) is 0 Å². The molecule has 0 atom stereocenters. The standard InChI is InChI=1S/C19H28ClN5O/c20-17-6-5-16(22)13-15(17)14-25(19(26)18(23)7-8-21)12-11-24-9-3-1-2-4-10-24/h5-8,13,21H,1-4,9-12,14,22-23H2/b18-7-,21-8?. The Morgan fingerprint density at radius 2 is 1.96 bits per heavy atom. The van der Waals surface area contributed by atoms with Gasteiger partial charge in [-0.25, -0.2) is 0 Å². The Labute approximate surface area is 160 Å². The van der Waals surface area contributed by atoms with Crippen molar-refractivity contribution < 1.29 is 4.79 Å². The molecule has 1 amide bonds. The molecular formula is C19H28ClN5O. The lowest BCUT2D eigenvalue weighted by molar-refractivity contribution is -0.128. The van der Waals surface area contributed by atoms with Gasteiger partial charge in [0, 0.05) is 36.6 Å². The van der Waals surface area contributed by atoms with Crippen LogP contribution >= 0.6 is 11.6 Å². The first-order valence-corrected chi connectivity index (χ1v) is 9.41. The number of allylic oxidation sites excluding steroid dienone is 1. The highest BCUT2D eigenvalue weighted by atomic mass is 35.5. The van der Waals surface area contributed by atoms with E-state index in [9.17, 15) is 4.79 Å². The minimum atomic E-state index is -0.290. The number of nitrogens with one attached hydrogen (secondary N) is 1. The summed E-state index contributed by atoms with van der Waals surface area (Å²) >= 11 is 6.27. The molecular weight excluding hydrogens is 350 g/mol. The summed E-state index contributed by atoms with van der Waals surface area (Å²) in [7, 11) is 0. The second kappa shape index (κ2) is 10.2. The highest BCUT2D eigenvalue weighted by Crippen LogP contribution is 2.21. The van der Waals surface area contributed by atoms with Crippen LogP contribution in [0.5, 0.6) is 0 Å². The first kappa shape index (κ1) is 20.3. The van der Waals surface area contributed by atoms with E-state index in [2.05, 4.69) is 4.90 Å². The second-order valence-corrected chi connectivity index (χ2v) is 7.03. The van der Waals surface area contributed by atoms with Crippen LogP contribution in [0, 0.1) is 5.41 Å². The number of nitrogen functional groups attached to an aromatic ring is 1. The van der Waals surface area contributed by atoms with Gasteiger partial charge in [-0.05, 0) is 55.8 Å². The Morgan fingerprint density at radius 1 is 1.27 bits per heavy atom. The third kappa shape index (κ3) is 6.04. The van der Waals surface area contributed by atoms with Gasteiger partial charge in [-0.1, -0.05) is 24.4 Å². The van der Waals surface area contributed by atoms with Crippen molar-refractivity contribution in [1.82, 2.24) is 9.80 Å². The molecule has 1 fully saturated rings. The van der Waals surface area contributed by atoms with Gasteiger partial charge in [0.15, 0.2) is 0 Å². The van der Waals surface area contributed by atoms with Gasteiger partial charge in [-0.3, -0.25) is 4.79 Å². The van der Waals surface area contributed by atoms with Crippen molar-refractivity contribution >= 4 is 29.4 Å². The van der Waals surface area contributed by atoms with E-state index in [1.165, 1.54) is 31.8 Å². The summed E-state index contributed by atoms with van der Waals surface area (Å²) in [5, 5.41) is 7.71. The summed E-state index contributed by atoms with van der Waals surface area (Å²) in [6.07, 6.45) is 7.27. The van der Waals surface area contributed by atoms with E-state index in [0.717, 1.165) is 31.4 Å². The van der Waals surface area contributed by atoms with Crippen molar-refractivity contribution in [3.63, 3.8) is 0 Å². The van der Waals surface area contributed by atoms with Crippen LogP contribution in [0.25, 0.3) is 0 Å². The van der Waals surface area contributed by atoms with E-state index >= 15 is 0 Å². The quantitative estimate of drug-likeness (QED) is 0.386. The molecule has 1 aromatic rings. The zero-order chi connectivity index (χ0) is 18.9. The zero-order valence-electron chi connectivity index (χ0n) is 15.1. The molecule has 0 unspecified atom stereocenters. The second-order valence-electron chi connectivity index (χ2n) is 6.62. The van der Waals surface area contributed by atoms with Crippen LogP contribution in [-0.2, 0) is 11.3 Å². The first-order valence-electron chi connectivity index (χ1n) is 9.03. The Bertz CT molecular complexity index is 653. The van der Waals surface area contributed by atoms with Crippen molar-refractivity contribution in [2.45, 2.75) is 32.2 Å². The van der Waals surface area contributed by atoms with Crippen LogP contribution in [0.15, 0.2) is 30.0 Å². The number of hydrogen-bond donors (Lipinski definition) is 3. The van der Waals surface area contributed by atoms with Gasteiger partial charge in [-0.15, -0.1) is 0 Å². The fraction of sp³-hybridized carbons (Fsp3) is 0.474. The van der Waals surface area contributed by atoms with Crippen molar-refractivity contribution in [2.24, 2.45) is 5.73 Å². The lowest BCUT2D eigenvalue weighted by Crippen LogP contribution is -2.40. The summed E-state index contributed by atoms with van der Waals surface area (Å²) in [5.74, 6) is -0.290. The molecule has 0 radical (unpaired) electrons. The Morgan fingerprint density at radius 3 is 2.62 bits per heavy atom. The van der Waals surface area contributed by atoms with Gasteiger partial charge in [0.05, 0.1) is 5.70 Å². The Hall–Kier alpha value is -2.05. The van der Waals surface area contributed by atoms with Gasteiger partial charge in [-0.2, -0.15) is 0 Å². The minimum Gasteiger partial charge on any atom is -0.399 e. The molecule has 1 aliphatic heterocycles. The number of carbonyl (C=O) groups is 1.